The van der Waals surface area contributed by atoms with Crippen LogP contribution in [0.4, 0.5) is 0 Å². The van der Waals surface area contributed by atoms with Crippen LogP contribution in [0.15, 0.2) is 66.9 Å². The Morgan fingerprint density at radius 2 is 1.28 bits per heavy atom. The largest absolute Gasteiger partial charge is 0.478 e. The van der Waals surface area contributed by atoms with Crippen LogP contribution < -0.4 is 4.74 Å². The molecule has 0 radical (unpaired) electrons. The Bertz CT molecular complexity index is 1300. The van der Waals surface area contributed by atoms with Crippen LogP contribution in [0.1, 0.15) is 75.3 Å². The van der Waals surface area contributed by atoms with E-state index in [1.54, 1.807) is 20.0 Å². The SMILES string of the molecule is C#Cc1ccc(C[C@H](C)CC(C)=O)cc1.CCOc1cc(C#Cc2ccc(C[C@H](C)CC(C)=O)cc2)ccn1. The summed E-state index contributed by atoms with van der Waals surface area (Å²) < 4.78 is 5.38. The van der Waals surface area contributed by atoms with Crippen molar-refractivity contribution >= 4 is 11.6 Å². The molecule has 0 aliphatic rings. The maximum absolute atomic E-state index is 11.2. The molecule has 0 aliphatic heterocycles. The highest BCUT2D eigenvalue weighted by Gasteiger charge is 2.07. The van der Waals surface area contributed by atoms with E-state index in [0.717, 1.165) is 29.5 Å². The van der Waals surface area contributed by atoms with E-state index >= 15 is 0 Å². The Hall–Kier alpha value is -4.15. The van der Waals surface area contributed by atoms with Crippen LogP contribution in [0.2, 0.25) is 0 Å². The van der Waals surface area contributed by atoms with Crippen LogP contribution in [-0.2, 0) is 22.4 Å². The second kappa shape index (κ2) is 16.6. The van der Waals surface area contributed by atoms with E-state index in [1.807, 2.05) is 55.5 Å². The summed E-state index contributed by atoms with van der Waals surface area (Å²) in [5.41, 5.74) is 5.22. The van der Waals surface area contributed by atoms with Crippen molar-refractivity contribution in [3.63, 3.8) is 0 Å². The predicted molar refractivity (Wildman–Crippen MR) is 159 cm³/mol. The van der Waals surface area contributed by atoms with E-state index in [0.29, 0.717) is 37.2 Å². The number of terminal acetylenes is 1. The third kappa shape index (κ3) is 12.8. The van der Waals surface area contributed by atoms with Gasteiger partial charge in [0.1, 0.15) is 11.6 Å². The van der Waals surface area contributed by atoms with Gasteiger partial charge in [0, 0.05) is 41.8 Å². The minimum Gasteiger partial charge on any atom is -0.478 e. The number of ether oxygens (including phenoxy) is 1. The third-order valence-electron chi connectivity index (χ3n) is 5.89. The summed E-state index contributed by atoms with van der Waals surface area (Å²) >= 11 is 0. The van der Waals surface area contributed by atoms with Gasteiger partial charge in [0.05, 0.1) is 6.61 Å². The molecule has 2 aromatic carbocycles. The van der Waals surface area contributed by atoms with Crippen LogP contribution in [0, 0.1) is 36.0 Å². The normalized spacial score (nSPS) is 11.5. The van der Waals surface area contributed by atoms with Crippen molar-refractivity contribution in [2.75, 3.05) is 6.61 Å². The molecular formula is C35H39NO3. The molecule has 3 rings (SSSR count). The lowest BCUT2D eigenvalue weighted by Gasteiger charge is -2.09. The molecule has 0 saturated heterocycles. The van der Waals surface area contributed by atoms with Crippen molar-refractivity contribution in [3.8, 4) is 30.1 Å². The maximum atomic E-state index is 11.2. The molecule has 0 saturated carbocycles. The molecule has 0 amide bonds. The molecule has 0 fully saturated rings. The quantitative estimate of drug-likeness (QED) is 0.273. The third-order valence-corrected chi connectivity index (χ3v) is 5.89. The number of ketones is 2. The Labute approximate surface area is 234 Å². The number of aromatic nitrogens is 1. The zero-order valence-electron chi connectivity index (χ0n) is 23.8. The number of hydrogen-bond acceptors (Lipinski definition) is 4. The molecule has 1 aromatic heterocycles. The highest BCUT2D eigenvalue weighted by molar-refractivity contribution is 5.76. The van der Waals surface area contributed by atoms with Crippen LogP contribution in [0.3, 0.4) is 0 Å². The van der Waals surface area contributed by atoms with Gasteiger partial charge in [-0.2, -0.15) is 0 Å². The average molecular weight is 522 g/mol. The van der Waals surface area contributed by atoms with Gasteiger partial charge in [0.15, 0.2) is 0 Å². The van der Waals surface area contributed by atoms with Gasteiger partial charge >= 0.3 is 0 Å². The summed E-state index contributed by atoms with van der Waals surface area (Å²) in [6.07, 6.45) is 10.1. The first-order valence-electron chi connectivity index (χ1n) is 13.4. The fourth-order valence-corrected chi connectivity index (χ4v) is 4.25. The highest BCUT2D eigenvalue weighted by atomic mass is 16.5. The Morgan fingerprint density at radius 1 is 0.795 bits per heavy atom. The number of nitrogens with zero attached hydrogens (tertiary/aromatic N) is 1. The minimum atomic E-state index is 0.244. The van der Waals surface area contributed by atoms with E-state index in [2.05, 4.69) is 48.7 Å². The first kappa shape index (κ1) is 31.1. The fourth-order valence-electron chi connectivity index (χ4n) is 4.25. The van der Waals surface area contributed by atoms with Crippen LogP contribution >= 0.6 is 0 Å². The predicted octanol–water partition coefficient (Wildman–Crippen LogP) is 6.86. The van der Waals surface area contributed by atoms with Crippen molar-refractivity contribution in [1.82, 2.24) is 4.98 Å². The van der Waals surface area contributed by atoms with E-state index in [9.17, 15) is 9.59 Å². The molecule has 2 atom stereocenters. The van der Waals surface area contributed by atoms with E-state index in [1.165, 1.54) is 11.1 Å². The Morgan fingerprint density at radius 3 is 1.74 bits per heavy atom. The van der Waals surface area contributed by atoms with Gasteiger partial charge < -0.3 is 14.3 Å². The van der Waals surface area contributed by atoms with E-state index in [-0.39, 0.29) is 11.6 Å². The van der Waals surface area contributed by atoms with Gasteiger partial charge in [-0.15, -0.1) is 6.42 Å². The summed E-state index contributed by atoms with van der Waals surface area (Å²) in [5.74, 6) is 10.7. The summed E-state index contributed by atoms with van der Waals surface area (Å²) in [6.45, 7) is 10.0. The minimum absolute atomic E-state index is 0.244. The van der Waals surface area contributed by atoms with Gasteiger partial charge in [-0.05, 0) is 86.9 Å². The lowest BCUT2D eigenvalue weighted by Crippen LogP contribution is -2.04. The molecule has 0 unspecified atom stereocenters. The highest BCUT2D eigenvalue weighted by Crippen LogP contribution is 2.14. The summed E-state index contributed by atoms with van der Waals surface area (Å²) in [6, 6.07) is 19.9. The monoisotopic (exact) mass is 521 g/mol. The van der Waals surface area contributed by atoms with Crippen molar-refractivity contribution < 1.29 is 14.3 Å². The molecule has 3 aromatic rings. The first-order chi connectivity index (χ1) is 18.7. The van der Waals surface area contributed by atoms with Crippen LogP contribution in [0.25, 0.3) is 0 Å². The van der Waals surface area contributed by atoms with Crippen molar-refractivity contribution in [2.45, 2.75) is 60.3 Å². The number of carbonyl (C=O) groups excluding carboxylic acids is 2. The van der Waals surface area contributed by atoms with Gasteiger partial charge in [-0.1, -0.05) is 55.9 Å². The van der Waals surface area contributed by atoms with Crippen molar-refractivity contribution in [1.29, 1.82) is 0 Å². The maximum Gasteiger partial charge on any atom is 0.214 e. The molecule has 202 valence electrons. The van der Waals surface area contributed by atoms with Crippen molar-refractivity contribution in [2.24, 2.45) is 11.8 Å². The zero-order valence-corrected chi connectivity index (χ0v) is 23.8. The van der Waals surface area contributed by atoms with Gasteiger partial charge in [-0.3, -0.25) is 0 Å². The van der Waals surface area contributed by atoms with E-state index < -0.39 is 0 Å². The molecule has 4 heteroatoms. The number of hydrogen-bond donors (Lipinski definition) is 0. The molecule has 0 bridgehead atoms. The molecule has 0 N–H and O–H groups in total. The number of Topliss-reactive ketones (excluding diaryl/α,β-unsaturated/α-hetero) is 2. The standard InChI is InChI=1S/C21H23NO2.C14H16O/c1-4-24-21-15-20(11-12-22-21)10-7-18-5-8-19(9-6-18)14-16(2)13-17(3)23;1-4-13-5-7-14(8-6-13)10-11(2)9-12(3)15/h5-6,8-9,11-12,15-16H,4,13-14H2,1-3H3;1,5-8,11H,9-10H2,2-3H3/t16-;11-/m11/s1. The second-order valence-electron chi connectivity index (χ2n) is 10.0. The fraction of sp³-hybridized carbons (Fsp3) is 0.343. The molecule has 1 heterocycles. The smallest absolute Gasteiger partial charge is 0.214 e. The molecular weight excluding hydrogens is 482 g/mol. The second-order valence-corrected chi connectivity index (χ2v) is 10.0. The van der Waals surface area contributed by atoms with Crippen LogP contribution in [-0.4, -0.2) is 23.2 Å². The lowest BCUT2D eigenvalue weighted by atomic mass is 9.96. The van der Waals surface area contributed by atoms with Crippen molar-refractivity contribution in [3.05, 3.63) is 94.7 Å². The molecule has 0 aliphatic carbocycles. The van der Waals surface area contributed by atoms with Gasteiger partial charge in [0.2, 0.25) is 5.88 Å². The first-order valence-corrected chi connectivity index (χ1v) is 13.4. The van der Waals surface area contributed by atoms with Crippen LogP contribution in [0.5, 0.6) is 5.88 Å². The summed E-state index contributed by atoms with van der Waals surface area (Å²) in [4.78, 5) is 26.2. The Balaban J connectivity index is 0.000000306. The molecule has 39 heavy (non-hydrogen) atoms. The van der Waals surface area contributed by atoms with Gasteiger partial charge in [0.25, 0.3) is 0 Å². The molecule has 0 spiro atoms. The van der Waals surface area contributed by atoms with Gasteiger partial charge in [-0.25, -0.2) is 4.98 Å². The number of carbonyl (C=O) groups is 2. The number of rotatable bonds is 10. The lowest BCUT2D eigenvalue weighted by molar-refractivity contribution is -0.118. The summed E-state index contributed by atoms with van der Waals surface area (Å²) in [5, 5.41) is 0. The summed E-state index contributed by atoms with van der Waals surface area (Å²) in [7, 11) is 0. The number of benzene rings is 2. The Kier molecular flexibility index (Phi) is 13.3. The topological polar surface area (TPSA) is 56.3 Å². The zero-order chi connectivity index (χ0) is 28.6. The average Bonchev–Trinajstić information content (AvgIpc) is 2.88. The number of pyridine rings is 1. The molecule has 4 nitrogen and oxygen atoms in total. The van der Waals surface area contributed by atoms with E-state index in [4.69, 9.17) is 11.2 Å².